The Morgan fingerprint density at radius 2 is 2.24 bits per heavy atom. The van der Waals surface area contributed by atoms with Crippen LogP contribution in [0.25, 0.3) is 0 Å². The molecule has 0 bridgehead atoms. The molecule has 0 saturated heterocycles. The predicted octanol–water partition coefficient (Wildman–Crippen LogP) is 2.00. The van der Waals surface area contributed by atoms with Gasteiger partial charge in [-0.05, 0) is 5.56 Å². The first-order valence-corrected chi connectivity index (χ1v) is 6.19. The first-order valence-electron chi connectivity index (χ1n) is 5.21. The number of hydrogen-bond donors (Lipinski definition) is 2. The number of nitrogen functional groups attached to an aromatic ring is 1. The van der Waals surface area contributed by atoms with E-state index >= 15 is 0 Å². The normalized spacial score (nSPS) is 10.4. The van der Waals surface area contributed by atoms with Gasteiger partial charge in [0, 0.05) is 30.8 Å². The van der Waals surface area contributed by atoms with Crippen molar-refractivity contribution in [2.24, 2.45) is 12.8 Å². The number of hydrogen-bond acceptors (Lipinski definition) is 3. The number of nitrogens with zero attached hydrogens (tertiary/aromatic N) is 2. The minimum absolute atomic E-state index is 0.112. The van der Waals surface area contributed by atoms with E-state index in [0.29, 0.717) is 0 Å². The maximum atomic E-state index is 7.52. The smallest absolute Gasteiger partial charge is 0.167 e. The summed E-state index contributed by atoms with van der Waals surface area (Å²) < 4.78 is 1.97. The largest absolute Gasteiger partial charge is 0.384 e. The van der Waals surface area contributed by atoms with Crippen LogP contribution in [0.15, 0.2) is 41.8 Å². The number of nitrogens with two attached hydrogens (primary N) is 1. The van der Waals surface area contributed by atoms with Crippen LogP contribution in [0.4, 0.5) is 0 Å². The third-order valence-corrected chi connectivity index (χ3v) is 3.55. The average molecular weight is 246 g/mol. The van der Waals surface area contributed by atoms with Crippen molar-refractivity contribution in [3.63, 3.8) is 0 Å². The van der Waals surface area contributed by atoms with Crippen molar-refractivity contribution in [2.45, 2.75) is 10.9 Å². The van der Waals surface area contributed by atoms with Crippen LogP contribution in [0.5, 0.6) is 0 Å². The number of amidine groups is 1. The van der Waals surface area contributed by atoms with Crippen LogP contribution in [0.2, 0.25) is 0 Å². The number of benzene rings is 1. The van der Waals surface area contributed by atoms with Crippen LogP contribution in [0.1, 0.15) is 11.1 Å². The van der Waals surface area contributed by atoms with Crippen LogP contribution >= 0.6 is 11.8 Å². The van der Waals surface area contributed by atoms with Crippen molar-refractivity contribution >= 4 is 17.6 Å². The third-order valence-electron chi connectivity index (χ3n) is 2.44. The van der Waals surface area contributed by atoms with Crippen molar-refractivity contribution in [2.75, 3.05) is 0 Å². The number of nitrogens with one attached hydrogen (secondary N) is 1. The van der Waals surface area contributed by atoms with Crippen molar-refractivity contribution in [3.05, 3.63) is 47.8 Å². The van der Waals surface area contributed by atoms with Crippen LogP contribution in [-0.2, 0) is 12.8 Å². The van der Waals surface area contributed by atoms with Gasteiger partial charge in [-0.3, -0.25) is 5.41 Å². The van der Waals surface area contributed by atoms with Gasteiger partial charge in [0.05, 0.1) is 0 Å². The first-order chi connectivity index (χ1) is 8.18. The van der Waals surface area contributed by atoms with E-state index in [-0.39, 0.29) is 5.84 Å². The molecular weight excluding hydrogens is 232 g/mol. The summed E-state index contributed by atoms with van der Waals surface area (Å²) in [7, 11) is 1.96. The molecule has 4 nitrogen and oxygen atoms in total. The van der Waals surface area contributed by atoms with E-state index in [9.17, 15) is 0 Å². The molecule has 0 aliphatic heterocycles. The molecule has 1 aromatic heterocycles. The number of aromatic nitrogens is 2. The Hall–Kier alpha value is -1.75. The molecule has 0 radical (unpaired) electrons. The molecule has 2 aromatic rings. The van der Waals surface area contributed by atoms with Gasteiger partial charge in [0.1, 0.15) is 5.84 Å². The lowest BCUT2D eigenvalue weighted by atomic mass is 10.1. The number of imidazole rings is 1. The lowest BCUT2D eigenvalue weighted by Gasteiger charge is -2.07. The van der Waals surface area contributed by atoms with Gasteiger partial charge >= 0.3 is 0 Å². The molecule has 1 heterocycles. The average Bonchev–Trinajstić information content (AvgIpc) is 2.72. The highest BCUT2D eigenvalue weighted by Crippen LogP contribution is 2.22. The molecule has 0 atom stereocenters. The monoisotopic (exact) mass is 246 g/mol. The summed E-state index contributed by atoms with van der Waals surface area (Å²) in [6.07, 6.45) is 3.69. The zero-order valence-electron chi connectivity index (χ0n) is 9.55. The van der Waals surface area contributed by atoms with Crippen molar-refractivity contribution in [1.29, 1.82) is 5.41 Å². The molecule has 0 aliphatic carbocycles. The predicted molar refractivity (Wildman–Crippen MR) is 70.2 cm³/mol. The summed E-state index contributed by atoms with van der Waals surface area (Å²) in [5, 5.41) is 8.48. The van der Waals surface area contributed by atoms with Crippen LogP contribution in [0, 0.1) is 5.41 Å². The highest BCUT2D eigenvalue weighted by atomic mass is 32.2. The molecule has 88 valence electrons. The van der Waals surface area contributed by atoms with Crippen LogP contribution in [-0.4, -0.2) is 15.4 Å². The number of aryl methyl sites for hydroxylation is 1. The van der Waals surface area contributed by atoms with Gasteiger partial charge in [-0.2, -0.15) is 0 Å². The summed E-state index contributed by atoms with van der Waals surface area (Å²) in [4.78, 5) is 4.25. The molecule has 2 rings (SSSR count). The van der Waals surface area contributed by atoms with Gasteiger partial charge in [0.2, 0.25) is 0 Å². The fraction of sp³-hybridized carbons (Fsp3) is 0.167. The summed E-state index contributed by atoms with van der Waals surface area (Å²) in [5.74, 6) is 0.877. The number of thioether (sulfide) groups is 1. The SMILES string of the molecule is Cn1ccnc1SCc1ccccc1C(=N)N. The minimum atomic E-state index is 0.112. The molecule has 17 heavy (non-hydrogen) atoms. The van der Waals surface area contributed by atoms with Gasteiger partial charge < -0.3 is 10.3 Å². The fourth-order valence-electron chi connectivity index (χ4n) is 1.54. The number of rotatable bonds is 4. The zero-order valence-corrected chi connectivity index (χ0v) is 10.4. The third kappa shape index (κ3) is 2.68. The van der Waals surface area contributed by atoms with Crippen molar-refractivity contribution in [3.8, 4) is 0 Å². The van der Waals surface area contributed by atoms with Gasteiger partial charge in [-0.25, -0.2) is 4.98 Å². The van der Waals surface area contributed by atoms with Gasteiger partial charge in [-0.1, -0.05) is 36.0 Å². The highest BCUT2D eigenvalue weighted by molar-refractivity contribution is 7.98. The Kier molecular flexibility index (Phi) is 3.49. The lowest BCUT2D eigenvalue weighted by Crippen LogP contribution is -2.13. The summed E-state index contributed by atoms with van der Waals surface area (Å²) >= 11 is 1.64. The summed E-state index contributed by atoms with van der Waals surface area (Å²) in [6, 6.07) is 7.72. The van der Waals surface area contributed by atoms with E-state index in [4.69, 9.17) is 11.1 Å². The molecule has 0 unspecified atom stereocenters. The van der Waals surface area contributed by atoms with E-state index in [1.165, 1.54) is 0 Å². The highest BCUT2D eigenvalue weighted by Gasteiger charge is 2.06. The molecular formula is C12H14N4S. The minimum Gasteiger partial charge on any atom is -0.384 e. The summed E-state index contributed by atoms with van der Waals surface area (Å²) in [6.45, 7) is 0. The zero-order chi connectivity index (χ0) is 12.3. The Morgan fingerprint density at radius 3 is 2.88 bits per heavy atom. The first kappa shape index (κ1) is 11.7. The lowest BCUT2D eigenvalue weighted by molar-refractivity contribution is 0.790. The van der Waals surface area contributed by atoms with Gasteiger partial charge in [0.25, 0.3) is 0 Å². The topological polar surface area (TPSA) is 67.7 Å². The molecule has 3 N–H and O–H groups in total. The van der Waals surface area contributed by atoms with Crippen molar-refractivity contribution < 1.29 is 0 Å². The molecule has 0 saturated carbocycles. The van der Waals surface area contributed by atoms with Gasteiger partial charge in [-0.15, -0.1) is 0 Å². The van der Waals surface area contributed by atoms with Crippen LogP contribution in [0.3, 0.4) is 0 Å². The molecule has 0 aliphatic rings. The van der Waals surface area contributed by atoms with Gasteiger partial charge in [0.15, 0.2) is 5.16 Å². The summed E-state index contributed by atoms with van der Waals surface area (Å²) in [5.41, 5.74) is 7.41. The van der Waals surface area contributed by atoms with E-state index in [2.05, 4.69) is 4.98 Å². The van der Waals surface area contributed by atoms with E-state index in [1.807, 2.05) is 42.1 Å². The molecule has 0 spiro atoms. The van der Waals surface area contributed by atoms with E-state index in [0.717, 1.165) is 22.0 Å². The quantitative estimate of drug-likeness (QED) is 0.492. The molecule has 0 amide bonds. The second-order valence-electron chi connectivity index (χ2n) is 3.68. The van der Waals surface area contributed by atoms with Crippen LogP contribution < -0.4 is 5.73 Å². The Bertz CT molecular complexity index is 533. The van der Waals surface area contributed by atoms with E-state index < -0.39 is 0 Å². The molecule has 5 heteroatoms. The Morgan fingerprint density at radius 1 is 1.47 bits per heavy atom. The maximum absolute atomic E-state index is 7.52. The van der Waals surface area contributed by atoms with E-state index in [1.54, 1.807) is 18.0 Å². The fourth-order valence-corrected chi connectivity index (χ4v) is 2.48. The molecule has 1 aromatic carbocycles. The second kappa shape index (κ2) is 5.05. The van der Waals surface area contributed by atoms with Crippen molar-refractivity contribution in [1.82, 2.24) is 9.55 Å². The molecule has 0 fully saturated rings. The Labute approximate surface area is 104 Å². The Balaban J connectivity index is 2.14. The standard InChI is InChI=1S/C12H14N4S/c1-16-7-6-15-12(16)17-8-9-4-2-3-5-10(9)11(13)14/h2-7H,8H2,1H3,(H3,13,14). The second-order valence-corrected chi connectivity index (χ2v) is 4.62. The maximum Gasteiger partial charge on any atom is 0.167 e.